The molecule has 18 heavy (non-hydrogen) atoms. The monoisotopic (exact) mass is 292 g/mol. The molecule has 5 heteroatoms. The highest BCUT2D eigenvalue weighted by Gasteiger charge is 2.44. The van der Waals surface area contributed by atoms with E-state index in [1.165, 1.54) is 5.56 Å². The molecule has 1 aliphatic carbocycles. The van der Waals surface area contributed by atoms with Gasteiger partial charge in [-0.1, -0.05) is 6.07 Å². The van der Waals surface area contributed by atoms with E-state index in [2.05, 4.69) is 5.32 Å². The Morgan fingerprint density at radius 1 is 1.22 bits per heavy atom. The van der Waals surface area contributed by atoms with Gasteiger partial charge < -0.3 is 11.1 Å². The largest absolute Gasteiger partial charge is 0.323 e. The van der Waals surface area contributed by atoms with Gasteiger partial charge in [-0.3, -0.25) is 0 Å². The number of rotatable bonds is 0. The molecule has 0 bridgehead atoms. The molecular weight excluding hydrogens is 274 g/mol. The number of fused-ring (bicyclic) bond motifs is 1. The molecule has 3 rings (SSSR count). The zero-order valence-corrected chi connectivity index (χ0v) is 11.7. The van der Waals surface area contributed by atoms with E-state index in [9.17, 15) is 4.39 Å². The number of nitrogens with one attached hydrogen (secondary N) is 1. The molecule has 1 fully saturated rings. The summed E-state index contributed by atoms with van der Waals surface area (Å²) >= 11 is 0. The second kappa shape index (κ2) is 5.74. The van der Waals surface area contributed by atoms with E-state index in [1.807, 2.05) is 6.07 Å². The Morgan fingerprint density at radius 2 is 1.89 bits per heavy atom. The Kier molecular flexibility index (Phi) is 5.01. The fraction of sp³-hybridized carbons (Fsp3) is 0.538. The Labute approximate surface area is 119 Å². The van der Waals surface area contributed by atoms with Crippen LogP contribution in [0.3, 0.4) is 0 Å². The van der Waals surface area contributed by atoms with Gasteiger partial charge in [-0.05, 0) is 61.0 Å². The van der Waals surface area contributed by atoms with Crippen LogP contribution in [0.4, 0.5) is 4.39 Å². The molecule has 1 saturated heterocycles. The van der Waals surface area contributed by atoms with E-state index in [-0.39, 0.29) is 42.1 Å². The van der Waals surface area contributed by atoms with Gasteiger partial charge in [-0.2, -0.15) is 0 Å². The first kappa shape index (κ1) is 15.7. The van der Waals surface area contributed by atoms with Crippen molar-refractivity contribution in [3.05, 3.63) is 35.1 Å². The number of hydrogen-bond acceptors (Lipinski definition) is 2. The first-order valence-electron chi connectivity index (χ1n) is 5.96. The molecule has 0 amide bonds. The minimum atomic E-state index is -0.166. The number of nitrogens with two attached hydrogens (primary N) is 1. The Bertz CT molecular complexity index is 419. The normalized spacial score (nSPS) is 24.0. The van der Waals surface area contributed by atoms with Gasteiger partial charge in [-0.25, -0.2) is 4.39 Å². The standard InChI is InChI=1S/C13H17FN2.2ClH/c14-10-2-1-9-8-13(3-5-16-6-4-13)12(15)11(9)7-10;;/h1-2,7,12,16H,3-6,8,15H2;2*1H/t12-;;/m1../s1. The SMILES string of the molecule is Cl.Cl.N[C@@H]1c2cc(F)ccc2CC12CCNCC2. The lowest BCUT2D eigenvalue weighted by Gasteiger charge is -2.37. The fourth-order valence-corrected chi connectivity index (χ4v) is 3.25. The summed E-state index contributed by atoms with van der Waals surface area (Å²) in [4.78, 5) is 0. The van der Waals surface area contributed by atoms with Gasteiger partial charge in [0.1, 0.15) is 5.82 Å². The highest BCUT2D eigenvalue weighted by molar-refractivity contribution is 5.85. The summed E-state index contributed by atoms with van der Waals surface area (Å²) in [5, 5.41) is 3.36. The van der Waals surface area contributed by atoms with Crippen LogP contribution in [0.2, 0.25) is 0 Å². The number of benzene rings is 1. The molecule has 2 nitrogen and oxygen atoms in total. The van der Waals surface area contributed by atoms with E-state index in [1.54, 1.807) is 12.1 Å². The molecule has 102 valence electrons. The Morgan fingerprint density at radius 3 is 2.56 bits per heavy atom. The summed E-state index contributed by atoms with van der Waals surface area (Å²) in [7, 11) is 0. The Balaban J connectivity index is 0.000000810. The molecule has 2 aliphatic rings. The molecule has 1 atom stereocenters. The van der Waals surface area contributed by atoms with Crippen molar-refractivity contribution in [1.82, 2.24) is 5.32 Å². The van der Waals surface area contributed by atoms with Gasteiger partial charge in [0.05, 0.1) is 0 Å². The lowest BCUT2D eigenvalue weighted by atomic mass is 9.73. The van der Waals surface area contributed by atoms with Gasteiger partial charge in [0, 0.05) is 6.04 Å². The van der Waals surface area contributed by atoms with Crippen molar-refractivity contribution in [2.45, 2.75) is 25.3 Å². The van der Waals surface area contributed by atoms with Crippen molar-refractivity contribution in [3.8, 4) is 0 Å². The molecule has 0 saturated carbocycles. The Hall–Kier alpha value is -0.350. The molecule has 1 aliphatic heterocycles. The third-order valence-corrected chi connectivity index (χ3v) is 4.24. The minimum absolute atomic E-state index is 0. The van der Waals surface area contributed by atoms with Crippen molar-refractivity contribution in [3.63, 3.8) is 0 Å². The van der Waals surface area contributed by atoms with Crippen molar-refractivity contribution in [2.24, 2.45) is 11.1 Å². The van der Waals surface area contributed by atoms with Crippen LogP contribution in [-0.4, -0.2) is 13.1 Å². The predicted octanol–water partition coefficient (Wildman–Crippen LogP) is 2.60. The van der Waals surface area contributed by atoms with E-state index >= 15 is 0 Å². The first-order valence-corrected chi connectivity index (χ1v) is 5.96. The lowest BCUT2D eigenvalue weighted by molar-refractivity contribution is 0.174. The summed E-state index contributed by atoms with van der Waals surface area (Å²) < 4.78 is 13.2. The maximum absolute atomic E-state index is 13.2. The van der Waals surface area contributed by atoms with Crippen LogP contribution >= 0.6 is 24.8 Å². The van der Waals surface area contributed by atoms with E-state index in [0.29, 0.717) is 0 Å². The molecule has 0 aromatic heterocycles. The van der Waals surface area contributed by atoms with Crippen LogP contribution in [0, 0.1) is 11.2 Å². The smallest absolute Gasteiger partial charge is 0.123 e. The molecule has 1 spiro atoms. The van der Waals surface area contributed by atoms with Gasteiger partial charge >= 0.3 is 0 Å². The molecule has 1 aromatic rings. The van der Waals surface area contributed by atoms with Crippen LogP contribution in [-0.2, 0) is 6.42 Å². The van der Waals surface area contributed by atoms with Gasteiger partial charge in [-0.15, -0.1) is 24.8 Å². The fourth-order valence-electron chi connectivity index (χ4n) is 3.25. The summed E-state index contributed by atoms with van der Waals surface area (Å²) in [6.45, 7) is 2.06. The average Bonchev–Trinajstić information content (AvgIpc) is 2.55. The topological polar surface area (TPSA) is 38.0 Å². The highest BCUT2D eigenvalue weighted by atomic mass is 35.5. The molecule has 3 N–H and O–H groups in total. The zero-order chi connectivity index (χ0) is 11.2. The third-order valence-electron chi connectivity index (χ3n) is 4.24. The first-order chi connectivity index (χ1) is 7.71. The van der Waals surface area contributed by atoms with E-state index in [0.717, 1.165) is 37.9 Å². The molecule has 1 heterocycles. The van der Waals surface area contributed by atoms with Crippen molar-refractivity contribution in [1.29, 1.82) is 0 Å². The van der Waals surface area contributed by atoms with Crippen LogP contribution in [0.5, 0.6) is 0 Å². The quantitative estimate of drug-likeness (QED) is 0.771. The van der Waals surface area contributed by atoms with Crippen LogP contribution in [0.15, 0.2) is 18.2 Å². The molecule has 1 aromatic carbocycles. The summed E-state index contributed by atoms with van der Waals surface area (Å²) in [5.41, 5.74) is 8.79. The average molecular weight is 293 g/mol. The summed E-state index contributed by atoms with van der Waals surface area (Å²) in [6.07, 6.45) is 3.22. The highest BCUT2D eigenvalue weighted by Crippen LogP contribution is 2.49. The molecular formula is C13H19Cl2FN2. The third kappa shape index (κ3) is 2.37. The van der Waals surface area contributed by atoms with Crippen molar-refractivity contribution < 1.29 is 4.39 Å². The second-order valence-electron chi connectivity index (χ2n) is 5.11. The second-order valence-corrected chi connectivity index (χ2v) is 5.11. The number of halogens is 3. The van der Waals surface area contributed by atoms with Gasteiger partial charge in [0.25, 0.3) is 0 Å². The van der Waals surface area contributed by atoms with Crippen molar-refractivity contribution >= 4 is 24.8 Å². The van der Waals surface area contributed by atoms with E-state index < -0.39 is 0 Å². The number of piperidine rings is 1. The minimum Gasteiger partial charge on any atom is -0.323 e. The van der Waals surface area contributed by atoms with Crippen LogP contribution in [0.1, 0.15) is 30.0 Å². The molecule has 0 radical (unpaired) electrons. The summed E-state index contributed by atoms with van der Waals surface area (Å²) in [5.74, 6) is -0.166. The van der Waals surface area contributed by atoms with Gasteiger partial charge in [0.2, 0.25) is 0 Å². The maximum Gasteiger partial charge on any atom is 0.123 e. The predicted molar refractivity (Wildman–Crippen MR) is 76.1 cm³/mol. The number of hydrogen-bond donors (Lipinski definition) is 2. The maximum atomic E-state index is 13.2. The van der Waals surface area contributed by atoms with Crippen LogP contribution < -0.4 is 11.1 Å². The van der Waals surface area contributed by atoms with E-state index in [4.69, 9.17) is 5.73 Å². The zero-order valence-electron chi connectivity index (χ0n) is 10.1. The molecule has 0 unspecified atom stereocenters. The van der Waals surface area contributed by atoms with Gasteiger partial charge in [0.15, 0.2) is 0 Å². The van der Waals surface area contributed by atoms with Crippen molar-refractivity contribution in [2.75, 3.05) is 13.1 Å². The van der Waals surface area contributed by atoms with Crippen LogP contribution in [0.25, 0.3) is 0 Å². The lowest BCUT2D eigenvalue weighted by Crippen LogP contribution is -2.42. The summed E-state index contributed by atoms with van der Waals surface area (Å²) in [6, 6.07) is 5.09.